The molecule has 0 aliphatic carbocycles. The van der Waals surface area contributed by atoms with Crippen molar-refractivity contribution in [3.05, 3.63) is 70.8 Å². The summed E-state index contributed by atoms with van der Waals surface area (Å²) in [5.74, 6) is -0.109. The SMILES string of the molecule is Cc1cccc(CNC(=O)NCc2cccc(C(=O)NCCN(C)C)c2)c1. The molecule has 2 aromatic rings. The van der Waals surface area contributed by atoms with Gasteiger partial charge in [0.15, 0.2) is 0 Å². The lowest BCUT2D eigenvalue weighted by atomic mass is 10.1. The van der Waals surface area contributed by atoms with Gasteiger partial charge in [0.05, 0.1) is 0 Å². The van der Waals surface area contributed by atoms with Gasteiger partial charge < -0.3 is 20.9 Å². The summed E-state index contributed by atoms with van der Waals surface area (Å²) in [6.07, 6.45) is 0. The number of hydrogen-bond donors (Lipinski definition) is 3. The number of likely N-dealkylation sites (N-methyl/N-ethyl adjacent to an activating group) is 1. The third-order valence-electron chi connectivity index (χ3n) is 4.02. The Morgan fingerprint density at radius 3 is 2.15 bits per heavy atom. The van der Waals surface area contributed by atoms with Crippen LogP contribution in [0, 0.1) is 6.92 Å². The van der Waals surface area contributed by atoms with E-state index in [1.165, 1.54) is 0 Å². The van der Waals surface area contributed by atoms with Crippen LogP contribution in [0.25, 0.3) is 0 Å². The molecule has 0 saturated heterocycles. The standard InChI is InChI=1S/C21H28N4O2/c1-16-6-4-7-17(12-16)14-23-21(27)24-15-18-8-5-9-19(13-18)20(26)22-10-11-25(2)3/h4-9,12-13H,10-11,14-15H2,1-3H3,(H,22,26)(H2,23,24,27). The fourth-order valence-corrected chi connectivity index (χ4v) is 2.57. The van der Waals surface area contributed by atoms with Crippen molar-refractivity contribution in [2.75, 3.05) is 27.2 Å². The molecule has 0 heterocycles. The second-order valence-electron chi connectivity index (χ2n) is 6.78. The average Bonchev–Trinajstić information content (AvgIpc) is 2.64. The number of carbonyl (C=O) groups is 2. The molecule has 2 aromatic carbocycles. The number of nitrogens with one attached hydrogen (secondary N) is 3. The molecule has 6 nitrogen and oxygen atoms in total. The van der Waals surface area contributed by atoms with E-state index in [0.717, 1.165) is 23.2 Å². The van der Waals surface area contributed by atoms with E-state index < -0.39 is 0 Å². The monoisotopic (exact) mass is 368 g/mol. The molecule has 0 bridgehead atoms. The maximum Gasteiger partial charge on any atom is 0.315 e. The smallest absolute Gasteiger partial charge is 0.315 e. The highest BCUT2D eigenvalue weighted by Gasteiger charge is 2.07. The van der Waals surface area contributed by atoms with Crippen molar-refractivity contribution in [3.63, 3.8) is 0 Å². The summed E-state index contributed by atoms with van der Waals surface area (Å²) in [5.41, 5.74) is 3.69. The Hall–Kier alpha value is -2.86. The summed E-state index contributed by atoms with van der Waals surface area (Å²) in [4.78, 5) is 26.2. The maximum absolute atomic E-state index is 12.2. The predicted octanol–water partition coefficient (Wildman–Crippen LogP) is 2.29. The molecule has 0 aliphatic heterocycles. The largest absolute Gasteiger partial charge is 0.351 e. The maximum atomic E-state index is 12.2. The first-order valence-electron chi connectivity index (χ1n) is 9.03. The lowest BCUT2D eigenvalue weighted by Gasteiger charge is -2.11. The van der Waals surface area contributed by atoms with Gasteiger partial charge >= 0.3 is 6.03 Å². The van der Waals surface area contributed by atoms with Gasteiger partial charge in [-0.25, -0.2) is 4.79 Å². The molecule has 0 spiro atoms. The first-order chi connectivity index (χ1) is 12.9. The molecule has 0 atom stereocenters. The van der Waals surface area contributed by atoms with Crippen molar-refractivity contribution in [3.8, 4) is 0 Å². The van der Waals surface area contributed by atoms with Crippen molar-refractivity contribution in [1.29, 1.82) is 0 Å². The van der Waals surface area contributed by atoms with E-state index in [1.807, 2.05) is 62.3 Å². The van der Waals surface area contributed by atoms with Gasteiger partial charge in [-0.1, -0.05) is 42.0 Å². The lowest BCUT2D eigenvalue weighted by molar-refractivity contribution is 0.0951. The first kappa shape index (κ1) is 20.5. The molecular weight excluding hydrogens is 340 g/mol. The second-order valence-corrected chi connectivity index (χ2v) is 6.78. The molecule has 0 radical (unpaired) electrons. The van der Waals surface area contributed by atoms with Crippen molar-refractivity contribution in [1.82, 2.24) is 20.9 Å². The fraction of sp³-hybridized carbons (Fsp3) is 0.333. The zero-order chi connectivity index (χ0) is 19.6. The molecule has 0 unspecified atom stereocenters. The molecule has 27 heavy (non-hydrogen) atoms. The normalized spacial score (nSPS) is 10.5. The van der Waals surface area contributed by atoms with E-state index in [2.05, 4.69) is 16.0 Å². The lowest BCUT2D eigenvalue weighted by Crippen LogP contribution is -2.34. The van der Waals surface area contributed by atoms with Crippen LogP contribution in [0.5, 0.6) is 0 Å². The van der Waals surface area contributed by atoms with Crippen LogP contribution in [-0.4, -0.2) is 44.0 Å². The van der Waals surface area contributed by atoms with Crippen LogP contribution in [-0.2, 0) is 13.1 Å². The zero-order valence-electron chi connectivity index (χ0n) is 16.2. The zero-order valence-corrected chi connectivity index (χ0v) is 16.2. The number of amides is 3. The Labute approximate surface area is 161 Å². The Morgan fingerprint density at radius 1 is 0.889 bits per heavy atom. The van der Waals surface area contributed by atoms with Crippen LogP contribution in [0.1, 0.15) is 27.0 Å². The number of urea groups is 1. The summed E-state index contributed by atoms with van der Waals surface area (Å²) in [6, 6.07) is 15.0. The molecule has 3 N–H and O–H groups in total. The van der Waals surface area contributed by atoms with Gasteiger partial charge in [0.2, 0.25) is 0 Å². The molecule has 2 rings (SSSR count). The van der Waals surface area contributed by atoms with Crippen LogP contribution in [0.4, 0.5) is 4.79 Å². The first-order valence-corrected chi connectivity index (χ1v) is 9.03. The topological polar surface area (TPSA) is 73.5 Å². The van der Waals surface area contributed by atoms with Crippen molar-refractivity contribution in [2.45, 2.75) is 20.0 Å². The van der Waals surface area contributed by atoms with E-state index in [9.17, 15) is 9.59 Å². The third-order valence-corrected chi connectivity index (χ3v) is 4.02. The minimum absolute atomic E-state index is 0.109. The molecule has 3 amide bonds. The summed E-state index contributed by atoms with van der Waals surface area (Å²) < 4.78 is 0. The number of aryl methyl sites for hydroxylation is 1. The summed E-state index contributed by atoms with van der Waals surface area (Å²) in [5, 5.41) is 8.54. The van der Waals surface area contributed by atoms with Crippen LogP contribution < -0.4 is 16.0 Å². The number of carbonyl (C=O) groups excluding carboxylic acids is 2. The molecule has 144 valence electrons. The van der Waals surface area contributed by atoms with Gasteiger partial charge in [-0.15, -0.1) is 0 Å². The summed E-state index contributed by atoms with van der Waals surface area (Å²) in [6.45, 7) is 4.23. The summed E-state index contributed by atoms with van der Waals surface area (Å²) in [7, 11) is 3.92. The second kappa shape index (κ2) is 10.3. The van der Waals surface area contributed by atoms with Crippen molar-refractivity contribution in [2.24, 2.45) is 0 Å². The van der Waals surface area contributed by atoms with E-state index in [4.69, 9.17) is 0 Å². The van der Waals surface area contributed by atoms with Gasteiger partial charge in [0.25, 0.3) is 5.91 Å². The van der Waals surface area contributed by atoms with Gasteiger partial charge in [-0.2, -0.15) is 0 Å². The minimum Gasteiger partial charge on any atom is -0.351 e. The van der Waals surface area contributed by atoms with E-state index >= 15 is 0 Å². The fourth-order valence-electron chi connectivity index (χ4n) is 2.57. The van der Waals surface area contributed by atoms with Crippen molar-refractivity contribution < 1.29 is 9.59 Å². The number of benzene rings is 2. The molecular formula is C21H28N4O2. The third kappa shape index (κ3) is 7.50. The Bertz CT molecular complexity index is 774. The van der Waals surface area contributed by atoms with Crippen LogP contribution in [0.3, 0.4) is 0 Å². The van der Waals surface area contributed by atoms with Crippen LogP contribution in [0.15, 0.2) is 48.5 Å². The Balaban J connectivity index is 1.79. The van der Waals surface area contributed by atoms with Gasteiger partial charge in [0, 0.05) is 31.7 Å². The quantitative estimate of drug-likeness (QED) is 0.669. The highest BCUT2D eigenvalue weighted by atomic mass is 16.2. The van der Waals surface area contributed by atoms with Crippen molar-refractivity contribution >= 4 is 11.9 Å². The molecule has 0 saturated carbocycles. The molecule has 0 fully saturated rings. The van der Waals surface area contributed by atoms with E-state index in [0.29, 0.717) is 25.2 Å². The number of nitrogens with zero attached hydrogens (tertiary/aromatic N) is 1. The minimum atomic E-state index is -0.239. The highest BCUT2D eigenvalue weighted by molar-refractivity contribution is 5.94. The highest BCUT2D eigenvalue weighted by Crippen LogP contribution is 2.06. The van der Waals surface area contributed by atoms with Gasteiger partial charge in [0.1, 0.15) is 0 Å². The number of rotatable bonds is 8. The predicted molar refractivity (Wildman–Crippen MR) is 108 cm³/mol. The summed E-state index contributed by atoms with van der Waals surface area (Å²) >= 11 is 0. The molecule has 0 aliphatic rings. The van der Waals surface area contributed by atoms with Gasteiger partial charge in [-0.05, 0) is 44.3 Å². The van der Waals surface area contributed by atoms with E-state index in [-0.39, 0.29) is 11.9 Å². The molecule has 6 heteroatoms. The van der Waals surface area contributed by atoms with Crippen LogP contribution in [0.2, 0.25) is 0 Å². The Morgan fingerprint density at radius 2 is 1.52 bits per heavy atom. The molecule has 0 aromatic heterocycles. The van der Waals surface area contributed by atoms with Gasteiger partial charge in [-0.3, -0.25) is 4.79 Å². The number of hydrogen-bond acceptors (Lipinski definition) is 3. The van der Waals surface area contributed by atoms with E-state index in [1.54, 1.807) is 12.1 Å². The Kier molecular flexibility index (Phi) is 7.82. The van der Waals surface area contributed by atoms with Crippen LogP contribution >= 0.6 is 0 Å². The average molecular weight is 368 g/mol.